The minimum atomic E-state index is -1.70. The van der Waals surface area contributed by atoms with Crippen molar-refractivity contribution in [2.75, 3.05) is 20.8 Å². The highest BCUT2D eigenvalue weighted by Gasteiger charge is 2.53. The molecule has 2 aliphatic heterocycles. The summed E-state index contributed by atoms with van der Waals surface area (Å²) in [5.41, 5.74) is 0. The molecule has 1 amide bonds. The Kier molecular flexibility index (Phi) is 10.4. The number of amides is 1. The second kappa shape index (κ2) is 12.4. The highest BCUT2D eigenvalue weighted by molar-refractivity contribution is 5.76. The summed E-state index contributed by atoms with van der Waals surface area (Å²) in [6.45, 7) is 3.13. The molecule has 2 aliphatic rings. The number of methoxy groups -OCH3 is 1. The first-order valence-corrected chi connectivity index (χ1v) is 11.2. The van der Waals surface area contributed by atoms with E-state index in [0.29, 0.717) is 6.42 Å². The average molecular weight is 480 g/mol. The fraction of sp³-hybridized carbons (Fsp3) is 0.905. The topological polar surface area (TPSA) is 175 Å². The summed E-state index contributed by atoms with van der Waals surface area (Å²) in [4.78, 5) is 25.8. The van der Waals surface area contributed by atoms with Crippen LogP contribution in [-0.4, -0.2) is 124 Å². The Hall–Kier alpha value is -1.38. The van der Waals surface area contributed by atoms with Crippen molar-refractivity contribution >= 4 is 11.9 Å². The molecule has 0 aliphatic carbocycles. The third-order valence-corrected chi connectivity index (χ3v) is 6.29. The zero-order valence-corrected chi connectivity index (χ0v) is 19.4. The van der Waals surface area contributed by atoms with Crippen LogP contribution in [-0.2, 0) is 28.5 Å². The van der Waals surface area contributed by atoms with Crippen molar-refractivity contribution in [3.8, 4) is 0 Å². The molecule has 2 saturated heterocycles. The van der Waals surface area contributed by atoms with Crippen molar-refractivity contribution < 1.29 is 54.1 Å². The van der Waals surface area contributed by atoms with Gasteiger partial charge in [0.2, 0.25) is 5.91 Å². The summed E-state index contributed by atoms with van der Waals surface area (Å²) >= 11 is 0. The number of carbonyl (C=O) groups is 2. The van der Waals surface area contributed by atoms with E-state index in [0.717, 1.165) is 12.8 Å². The van der Waals surface area contributed by atoms with Gasteiger partial charge in [-0.2, -0.15) is 0 Å². The molecule has 10 atom stereocenters. The van der Waals surface area contributed by atoms with E-state index < -0.39 is 73.7 Å². The zero-order valence-electron chi connectivity index (χ0n) is 19.4. The molecule has 2 fully saturated rings. The van der Waals surface area contributed by atoms with Crippen LogP contribution in [0.4, 0.5) is 0 Å². The molecule has 33 heavy (non-hydrogen) atoms. The molecule has 192 valence electrons. The van der Waals surface area contributed by atoms with Crippen molar-refractivity contribution in [1.29, 1.82) is 0 Å². The number of aliphatic hydroxyl groups excluding tert-OH is 4. The van der Waals surface area contributed by atoms with E-state index in [1.807, 2.05) is 6.92 Å². The molecule has 0 spiro atoms. The number of hydrogen-bond acceptors (Lipinski definition) is 10. The van der Waals surface area contributed by atoms with E-state index in [9.17, 15) is 35.1 Å². The SMILES string of the molecule is CCCCCC(=O)N(C)C1C(C)OC(CO)C(O)C1OC1OC(C(=O)O)C(OC)C(O)C1O. The lowest BCUT2D eigenvalue weighted by Crippen LogP contribution is -2.67. The number of carboxylic acid groups (broad SMARTS) is 1. The smallest absolute Gasteiger partial charge is 0.335 e. The van der Waals surface area contributed by atoms with Crippen LogP contribution >= 0.6 is 0 Å². The number of likely N-dealkylation sites (N-methyl/N-ethyl adjacent to an activating group) is 1. The molecule has 5 N–H and O–H groups in total. The Morgan fingerprint density at radius 2 is 1.70 bits per heavy atom. The van der Waals surface area contributed by atoms with E-state index in [1.54, 1.807) is 6.92 Å². The van der Waals surface area contributed by atoms with Gasteiger partial charge in [0.15, 0.2) is 12.4 Å². The Morgan fingerprint density at radius 3 is 2.24 bits per heavy atom. The van der Waals surface area contributed by atoms with Gasteiger partial charge in [-0.25, -0.2) is 4.79 Å². The predicted molar refractivity (Wildman–Crippen MR) is 112 cm³/mol. The minimum absolute atomic E-state index is 0.208. The third-order valence-electron chi connectivity index (χ3n) is 6.29. The molecule has 0 radical (unpaired) electrons. The van der Waals surface area contributed by atoms with Crippen LogP contribution in [0.2, 0.25) is 0 Å². The maximum Gasteiger partial charge on any atom is 0.335 e. The van der Waals surface area contributed by atoms with Crippen molar-refractivity contribution in [3.05, 3.63) is 0 Å². The monoisotopic (exact) mass is 479 g/mol. The van der Waals surface area contributed by atoms with Gasteiger partial charge in [-0.3, -0.25) is 4.79 Å². The first-order chi connectivity index (χ1) is 15.6. The van der Waals surface area contributed by atoms with Gasteiger partial charge in [0.1, 0.15) is 36.6 Å². The lowest BCUT2D eigenvalue weighted by Gasteiger charge is -2.49. The van der Waals surface area contributed by atoms with Crippen molar-refractivity contribution in [2.24, 2.45) is 0 Å². The van der Waals surface area contributed by atoms with Crippen LogP contribution in [0.25, 0.3) is 0 Å². The van der Waals surface area contributed by atoms with E-state index >= 15 is 0 Å². The standard InChI is InChI=1S/C21H37NO11/c1-5-6-7-8-12(24)22(3)13-10(2)31-11(9-23)14(25)17(13)32-21-16(27)15(26)18(30-4)19(33-21)20(28)29/h10-11,13-19,21,23,25-27H,5-9H2,1-4H3,(H,28,29). The average Bonchev–Trinajstić information content (AvgIpc) is 2.78. The van der Waals surface area contributed by atoms with E-state index in [-0.39, 0.29) is 12.3 Å². The number of aliphatic hydroxyl groups is 4. The predicted octanol–water partition coefficient (Wildman–Crippen LogP) is -1.53. The van der Waals surface area contributed by atoms with Crippen molar-refractivity contribution in [3.63, 3.8) is 0 Å². The van der Waals surface area contributed by atoms with Crippen molar-refractivity contribution in [1.82, 2.24) is 4.90 Å². The Morgan fingerprint density at radius 1 is 1.03 bits per heavy atom. The number of unbranched alkanes of at least 4 members (excludes halogenated alkanes) is 2. The lowest BCUT2D eigenvalue weighted by molar-refractivity contribution is -0.331. The number of carboxylic acids is 1. The maximum absolute atomic E-state index is 12.8. The van der Waals surface area contributed by atoms with E-state index in [2.05, 4.69) is 0 Å². The van der Waals surface area contributed by atoms with Gasteiger partial charge < -0.3 is 49.4 Å². The molecule has 12 nitrogen and oxygen atoms in total. The fourth-order valence-corrected chi connectivity index (χ4v) is 4.40. The van der Waals surface area contributed by atoms with Crippen LogP contribution < -0.4 is 0 Å². The van der Waals surface area contributed by atoms with Gasteiger partial charge >= 0.3 is 5.97 Å². The summed E-state index contributed by atoms with van der Waals surface area (Å²) in [7, 11) is 2.71. The third kappa shape index (κ3) is 6.20. The largest absolute Gasteiger partial charge is 0.479 e. The highest BCUT2D eigenvalue weighted by Crippen LogP contribution is 2.32. The van der Waals surface area contributed by atoms with Crippen LogP contribution in [0.3, 0.4) is 0 Å². The number of carbonyl (C=O) groups excluding carboxylic acids is 1. The zero-order chi connectivity index (χ0) is 24.9. The van der Waals surface area contributed by atoms with Crippen LogP contribution in [0.15, 0.2) is 0 Å². The quantitative estimate of drug-likeness (QED) is 0.230. The van der Waals surface area contributed by atoms with Gasteiger partial charge in [-0.15, -0.1) is 0 Å². The van der Waals surface area contributed by atoms with E-state index in [4.69, 9.17) is 18.9 Å². The molecular formula is C21H37NO11. The number of hydrogen-bond donors (Lipinski definition) is 5. The van der Waals surface area contributed by atoms with Crippen LogP contribution in [0.1, 0.15) is 39.5 Å². The van der Waals surface area contributed by atoms with Gasteiger partial charge in [0.05, 0.1) is 18.8 Å². The molecule has 2 heterocycles. The first-order valence-electron chi connectivity index (χ1n) is 11.2. The number of rotatable bonds is 10. The summed E-state index contributed by atoms with van der Waals surface area (Å²) in [5, 5.41) is 50.8. The molecule has 0 aromatic rings. The molecule has 0 bridgehead atoms. The number of ether oxygens (including phenoxy) is 4. The summed E-state index contributed by atoms with van der Waals surface area (Å²) < 4.78 is 21.9. The van der Waals surface area contributed by atoms with E-state index in [1.165, 1.54) is 19.1 Å². The second-order valence-electron chi connectivity index (χ2n) is 8.55. The summed E-state index contributed by atoms with van der Waals surface area (Å²) in [6, 6.07) is -0.840. The van der Waals surface area contributed by atoms with Crippen LogP contribution in [0, 0.1) is 0 Å². The van der Waals surface area contributed by atoms with Gasteiger partial charge in [-0.1, -0.05) is 19.8 Å². The Labute approximate surface area is 193 Å². The lowest BCUT2D eigenvalue weighted by atomic mass is 9.91. The molecular weight excluding hydrogens is 442 g/mol. The van der Waals surface area contributed by atoms with Gasteiger partial charge in [-0.05, 0) is 13.3 Å². The second-order valence-corrected chi connectivity index (χ2v) is 8.55. The maximum atomic E-state index is 12.8. The number of nitrogens with zero attached hydrogens (tertiary/aromatic N) is 1. The molecule has 12 heteroatoms. The minimum Gasteiger partial charge on any atom is -0.479 e. The highest BCUT2D eigenvalue weighted by atomic mass is 16.7. The molecule has 0 saturated carbocycles. The molecule has 2 rings (SSSR count). The van der Waals surface area contributed by atoms with Crippen LogP contribution in [0.5, 0.6) is 0 Å². The Bertz CT molecular complexity index is 650. The van der Waals surface area contributed by atoms with Crippen molar-refractivity contribution in [2.45, 2.75) is 101 Å². The molecule has 0 aromatic heterocycles. The first kappa shape index (κ1) is 27.9. The number of aliphatic carboxylic acids is 1. The Balaban J connectivity index is 2.29. The normalized spacial score (nSPS) is 39.3. The fourth-order valence-electron chi connectivity index (χ4n) is 4.40. The molecule has 0 aromatic carbocycles. The summed E-state index contributed by atoms with van der Waals surface area (Å²) in [6.07, 6.45) is -9.58. The van der Waals surface area contributed by atoms with Gasteiger partial charge in [0, 0.05) is 20.6 Å². The van der Waals surface area contributed by atoms with Gasteiger partial charge in [0.25, 0.3) is 0 Å². The molecule has 10 unspecified atom stereocenters. The summed E-state index contributed by atoms with van der Waals surface area (Å²) in [5.74, 6) is -1.64.